The third-order valence-electron chi connectivity index (χ3n) is 3.15. The van der Waals surface area contributed by atoms with E-state index in [0.717, 1.165) is 6.07 Å². The summed E-state index contributed by atoms with van der Waals surface area (Å²) in [5, 5.41) is 17.5. The van der Waals surface area contributed by atoms with Gasteiger partial charge in [-0.05, 0) is 30.3 Å². The van der Waals surface area contributed by atoms with E-state index in [1.165, 1.54) is 18.3 Å². The summed E-state index contributed by atoms with van der Waals surface area (Å²) in [7, 11) is 0. The normalized spacial score (nSPS) is 10.4. The molecule has 0 atom stereocenters. The van der Waals surface area contributed by atoms with Gasteiger partial charge in [0.2, 0.25) is 0 Å². The molecule has 120 valence electrons. The molecule has 8 nitrogen and oxygen atoms in total. The Kier molecular flexibility index (Phi) is 4.21. The predicted molar refractivity (Wildman–Crippen MR) is 87.4 cm³/mol. The van der Waals surface area contributed by atoms with Gasteiger partial charge in [0, 0.05) is 24.0 Å². The number of benzene rings is 1. The van der Waals surface area contributed by atoms with Gasteiger partial charge in [-0.3, -0.25) is 14.9 Å². The predicted octanol–water partition coefficient (Wildman–Crippen LogP) is 3.08. The second-order valence-corrected chi connectivity index (χ2v) is 5.14. The van der Waals surface area contributed by atoms with E-state index in [-0.39, 0.29) is 16.3 Å². The fourth-order valence-electron chi connectivity index (χ4n) is 2.00. The van der Waals surface area contributed by atoms with Crippen molar-refractivity contribution in [3.05, 3.63) is 75.7 Å². The molecule has 0 fully saturated rings. The van der Waals surface area contributed by atoms with Crippen LogP contribution in [0.25, 0.3) is 5.82 Å². The highest BCUT2D eigenvalue weighted by atomic mass is 35.5. The average Bonchev–Trinajstić information content (AvgIpc) is 3.10. The van der Waals surface area contributed by atoms with Crippen molar-refractivity contribution in [2.75, 3.05) is 5.32 Å². The lowest BCUT2D eigenvalue weighted by Crippen LogP contribution is -2.12. The lowest BCUT2D eigenvalue weighted by molar-refractivity contribution is -0.384. The summed E-state index contributed by atoms with van der Waals surface area (Å²) in [6.45, 7) is 0. The van der Waals surface area contributed by atoms with E-state index in [0.29, 0.717) is 11.5 Å². The van der Waals surface area contributed by atoms with Crippen LogP contribution in [0.2, 0.25) is 5.02 Å². The van der Waals surface area contributed by atoms with Crippen LogP contribution in [0.3, 0.4) is 0 Å². The molecule has 1 amide bonds. The Balaban J connectivity index is 1.77. The van der Waals surface area contributed by atoms with Crippen LogP contribution in [-0.4, -0.2) is 25.6 Å². The largest absolute Gasteiger partial charge is 0.321 e. The highest BCUT2D eigenvalue weighted by molar-refractivity contribution is 6.32. The second kappa shape index (κ2) is 6.47. The van der Waals surface area contributed by atoms with Crippen molar-refractivity contribution in [1.29, 1.82) is 0 Å². The van der Waals surface area contributed by atoms with Crippen LogP contribution in [0.1, 0.15) is 10.4 Å². The van der Waals surface area contributed by atoms with Crippen molar-refractivity contribution in [3.8, 4) is 5.82 Å². The van der Waals surface area contributed by atoms with Gasteiger partial charge < -0.3 is 5.32 Å². The molecule has 0 unspecified atom stereocenters. The van der Waals surface area contributed by atoms with Gasteiger partial charge >= 0.3 is 0 Å². The number of rotatable bonds is 4. The number of nitro benzene ring substituents is 1. The second-order valence-electron chi connectivity index (χ2n) is 4.73. The van der Waals surface area contributed by atoms with Crippen molar-refractivity contribution in [2.24, 2.45) is 0 Å². The first-order chi connectivity index (χ1) is 11.5. The molecule has 0 spiro atoms. The number of anilines is 1. The maximum atomic E-state index is 12.2. The number of hydrogen-bond acceptors (Lipinski definition) is 5. The third-order valence-corrected chi connectivity index (χ3v) is 3.47. The number of hydrogen-bond donors (Lipinski definition) is 1. The molecule has 0 saturated heterocycles. The summed E-state index contributed by atoms with van der Waals surface area (Å²) in [4.78, 5) is 26.6. The molecule has 0 saturated carbocycles. The molecule has 0 aliphatic rings. The van der Waals surface area contributed by atoms with E-state index in [9.17, 15) is 14.9 Å². The van der Waals surface area contributed by atoms with E-state index < -0.39 is 10.8 Å². The molecule has 0 bridgehead atoms. The molecule has 24 heavy (non-hydrogen) atoms. The minimum Gasteiger partial charge on any atom is -0.321 e. The fourth-order valence-corrected chi connectivity index (χ4v) is 2.18. The quantitative estimate of drug-likeness (QED) is 0.579. The number of nitrogens with zero attached hydrogens (tertiary/aromatic N) is 4. The van der Waals surface area contributed by atoms with Gasteiger partial charge in [-0.1, -0.05) is 11.6 Å². The maximum Gasteiger partial charge on any atom is 0.288 e. The van der Waals surface area contributed by atoms with Gasteiger partial charge in [0.25, 0.3) is 11.6 Å². The Morgan fingerprint density at radius 3 is 2.75 bits per heavy atom. The zero-order valence-corrected chi connectivity index (χ0v) is 12.8. The summed E-state index contributed by atoms with van der Waals surface area (Å²) in [5.74, 6) is 0.100. The molecule has 2 heterocycles. The van der Waals surface area contributed by atoms with E-state index in [1.807, 2.05) is 0 Å². The standard InChI is InChI=1S/C15H10ClN5O3/c16-12-4-2-10(8-13(12)21(23)24)15(22)19-11-3-5-14(17-9-11)20-7-1-6-18-20/h1-9H,(H,19,22). The van der Waals surface area contributed by atoms with Gasteiger partial charge in [-0.25, -0.2) is 9.67 Å². The van der Waals surface area contributed by atoms with Crippen LogP contribution in [0.4, 0.5) is 11.4 Å². The number of pyridine rings is 1. The Labute approximate surface area is 140 Å². The molecule has 0 radical (unpaired) electrons. The topological polar surface area (TPSA) is 103 Å². The Bertz CT molecular complexity index is 894. The molecule has 0 aliphatic heterocycles. The highest BCUT2D eigenvalue weighted by Crippen LogP contribution is 2.25. The van der Waals surface area contributed by atoms with Gasteiger partial charge in [0.1, 0.15) is 5.02 Å². The molecular formula is C15H10ClN5O3. The average molecular weight is 344 g/mol. The van der Waals surface area contributed by atoms with Crippen molar-refractivity contribution < 1.29 is 9.72 Å². The third kappa shape index (κ3) is 3.23. The highest BCUT2D eigenvalue weighted by Gasteiger charge is 2.16. The number of nitrogens with one attached hydrogen (secondary N) is 1. The van der Waals surface area contributed by atoms with Crippen LogP contribution < -0.4 is 5.32 Å². The van der Waals surface area contributed by atoms with Crippen LogP contribution >= 0.6 is 11.6 Å². The van der Waals surface area contributed by atoms with E-state index in [1.54, 1.807) is 35.3 Å². The smallest absolute Gasteiger partial charge is 0.288 e. The molecule has 2 aromatic heterocycles. The van der Waals surface area contributed by atoms with E-state index >= 15 is 0 Å². The number of carbonyl (C=O) groups excluding carboxylic acids is 1. The van der Waals surface area contributed by atoms with Gasteiger partial charge in [-0.15, -0.1) is 0 Å². The first-order valence-electron chi connectivity index (χ1n) is 6.76. The zero-order chi connectivity index (χ0) is 17.1. The molecule has 1 aromatic carbocycles. The van der Waals surface area contributed by atoms with Crippen molar-refractivity contribution in [3.63, 3.8) is 0 Å². The lowest BCUT2D eigenvalue weighted by atomic mass is 10.2. The van der Waals surface area contributed by atoms with Crippen molar-refractivity contribution >= 4 is 28.9 Å². The van der Waals surface area contributed by atoms with Crippen molar-refractivity contribution in [1.82, 2.24) is 14.8 Å². The molecule has 3 rings (SSSR count). The van der Waals surface area contributed by atoms with Gasteiger partial charge in [0.05, 0.1) is 16.8 Å². The first-order valence-corrected chi connectivity index (χ1v) is 7.14. The van der Waals surface area contributed by atoms with Crippen LogP contribution in [0, 0.1) is 10.1 Å². The first kappa shape index (κ1) is 15.6. The minimum absolute atomic E-state index is 0.0261. The fraction of sp³-hybridized carbons (Fsp3) is 0. The molecule has 9 heteroatoms. The van der Waals surface area contributed by atoms with Gasteiger partial charge in [0.15, 0.2) is 5.82 Å². The van der Waals surface area contributed by atoms with Gasteiger partial charge in [-0.2, -0.15) is 5.10 Å². The van der Waals surface area contributed by atoms with E-state index in [4.69, 9.17) is 11.6 Å². The summed E-state index contributed by atoms with van der Waals surface area (Å²) in [5.41, 5.74) is 0.257. The maximum absolute atomic E-state index is 12.2. The van der Waals surface area contributed by atoms with Crippen LogP contribution in [0.5, 0.6) is 0 Å². The van der Waals surface area contributed by atoms with E-state index in [2.05, 4.69) is 15.4 Å². The molecular weight excluding hydrogens is 334 g/mol. The Hall–Kier alpha value is -3.26. The number of carbonyl (C=O) groups is 1. The van der Waals surface area contributed by atoms with Crippen LogP contribution in [-0.2, 0) is 0 Å². The summed E-state index contributed by atoms with van der Waals surface area (Å²) >= 11 is 5.73. The zero-order valence-electron chi connectivity index (χ0n) is 12.1. The molecule has 1 N–H and O–H groups in total. The Morgan fingerprint density at radius 1 is 1.29 bits per heavy atom. The number of halogens is 1. The minimum atomic E-state index is -0.639. The number of nitro groups is 1. The number of aromatic nitrogens is 3. The molecule has 0 aliphatic carbocycles. The monoisotopic (exact) mass is 343 g/mol. The summed E-state index contributed by atoms with van der Waals surface area (Å²) in [6.07, 6.45) is 4.84. The number of amides is 1. The molecule has 3 aromatic rings. The van der Waals surface area contributed by atoms with Crippen LogP contribution in [0.15, 0.2) is 55.0 Å². The summed E-state index contributed by atoms with van der Waals surface area (Å²) < 4.78 is 1.58. The van der Waals surface area contributed by atoms with Crippen molar-refractivity contribution in [2.45, 2.75) is 0 Å². The summed E-state index contributed by atoms with van der Waals surface area (Å²) in [6, 6.07) is 8.97. The SMILES string of the molecule is O=C(Nc1ccc(-n2cccn2)nc1)c1ccc(Cl)c([N+](=O)[O-])c1. The lowest BCUT2D eigenvalue weighted by Gasteiger charge is -2.06. The Morgan fingerprint density at radius 2 is 2.12 bits per heavy atom.